The van der Waals surface area contributed by atoms with Crippen LogP contribution < -0.4 is 5.32 Å². The monoisotopic (exact) mass is 307 g/mol. The number of carbonyl (C=O) groups is 1. The van der Waals surface area contributed by atoms with E-state index in [1.54, 1.807) is 18.2 Å². The molecule has 1 heterocycles. The number of aliphatic hydroxyl groups excluding tert-OH is 1. The highest BCUT2D eigenvalue weighted by Gasteiger charge is 2.14. The Labute approximate surface area is 128 Å². The SMILES string of the molecule is CC(CCO)CNC(=O)c1ccc(-c2ccccc2Cl)o1. The van der Waals surface area contributed by atoms with Gasteiger partial charge < -0.3 is 14.8 Å². The Morgan fingerprint density at radius 3 is 2.81 bits per heavy atom. The number of hydrogen-bond donors (Lipinski definition) is 2. The number of rotatable bonds is 6. The van der Waals surface area contributed by atoms with Crippen LogP contribution in [0, 0.1) is 5.92 Å². The normalized spacial score (nSPS) is 12.1. The second-order valence-corrected chi connectivity index (χ2v) is 5.38. The lowest BCUT2D eigenvalue weighted by Crippen LogP contribution is -2.28. The lowest BCUT2D eigenvalue weighted by molar-refractivity contribution is 0.0918. The van der Waals surface area contributed by atoms with Crippen molar-refractivity contribution >= 4 is 17.5 Å². The highest BCUT2D eigenvalue weighted by atomic mass is 35.5. The summed E-state index contributed by atoms with van der Waals surface area (Å²) >= 11 is 6.10. The smallest absolute Gasteiger partial charge is 0.287 e. The minimum absolute atomic E-state index is 0.119. The first kappa shape index (κ1) is 15.6. The van der Waals surface area contributed by atoms with E-state index < -0.39 is 0 Å². The van der Waals surface area contributed by atoms with Crippen LogP contribution in [0.2, 0.25) is 5.02 Å². The second-order valence-electron chi connectivity index (χ2n) is 4.97. The molecule has 5 heteroatoms. The minimum atomic E-state index is -0.266. The van der Waals surface area contributed by atoms with Gasteiger partial charge in [-0.05, 0) is 36.6 Å². The lowest BCUT2D eigenvalue weighted by Gasteiger charge is -2.09. The van der Waals surface area contributed by atoms with Crippen LogP contribution in [0.3, 0.4) is 0 Å². The van der Waals surface area contributed by atoms with Gasteiger partial charge in [-0.1, -0.05) is 30.7 Å². The first-order valence-electron chi connectivity index (χ1n) is 6.85. The molecular formula is C16H18ClNO3. The van der Waals surface area contributed by atoms with Crippen LogP contribution in [0.5, 0.6) is 0 Å². The molecule has 0 fully saturated rings. The minimum Gasteiger partial charge on any atom is -0.451 e. The summed E-state index contributed by atoms with van der Waals surface area (Å²) in [7, 11) is 0. The number of furan rings is 1. The average Bonchev–Trinajstić information content (AvgIpc) is 2.95. The zero-order chi connectivity index (χ0) is 15.2. The Kier molecular flexibility index (Phi) is 5.42. The first-order valence-corrected chi connectivity index (χ1v) is 7.23. The summed E-state index contributed by atoms with van der Waals surface area (Å²) in [6.45, 7) is 2.59. The van der Waals surface area contributed by atoms with Gasteiger partial charge >= 0.3 is 0 Å². The van der Waals surface area contributed by atoms with E-state index in [-0.39, 0.29) is 24.2 Å². The third kappa shape index (κ3) is 4.09. The van der Waals surface area contributed by atoms with E-state index in [2.05, 4.69) is 5.32 Å². The molecule has 2 aromatic rings. The molecule has 2 rings (SSSR count). The molecule has 0 bridgehead atoms. The topological polar surface area (TPSA) is 62.5 Å². The van der Waals surface area contributed by atoms with Crippen LogP contribution in [0.25, 0.3) is 11.3 Å². The van der Waals surface area contributed by atoms with E-state index in [4.69, 9.17) is 21.1 Å². The van der Waals surface area contributed by atoms with Gasteiger partial charge in [-0.3, -0.25) is 4.79 Å². The fourth-order valence-corrected chi connectivity index (χ4v) is 2.17. The first-order chi connectivity index (χ1) is 10.1. The predicted molar refractivity (Wildman–Crippen MR) is 82.4 cm³/mol. The summed E-state index contributed by atoms with van der Waals surface area (Å²) in [5, 5.41) is 12.2. The van der Waals surface area contributed by atoms with E-state index in [0.29, 0.717) is 23.7 Å². The number of carbonyl (C=O) groups excluding carboxylic acids is 1. The van der Waals surface area contributed by atoms with Crippen molar-refractivity contribution in [1.82, 2.24) is 5.32 Å². The van der Waals surface area contributed by atoms with Crippen LogP contribution in [-0.2, 0) is 0 Å². The molecule has 0 radical (unpaired) electrons. The van der Waals surface area contributed by atoms with Crippen molar-refractivity contribution in [1.29, 1.82) is 0 Å². The number of amides is 1. The van der Waals surface area contributed by atoms with Crippen LogP contribution in [0.1, 0.15) is 23.9 Å². The molecule has 0 aliphatic heterocycles. The Hall–Kier alpha value is -1.78. The fourth-order valence-electron chi connectivity index (χ4n) is 1.94. The summed E-state index contributed by atoms with van der Waals surface area (Å²) < 4.78 is 5.56. The number of halogens is 1. The standard InChI is InChI=1S/C16H18ClNO3/c1-11(8-9-19)10-18-16(20)15-7-6-14(21-15)12-4-2-3-5-13(12)17/h2-7,11,19H,8-10H2,1H3,(H,18,20). The van der Waals surface area contributed by atoms with E-state index in [0.717, 1.165) is 5.56 Å². The van der Waals surface area contributed by atoms with Crippen molar-refractivity contribution in [3.8, 4) is 11.3 Å². The van der Waals surface area contributed by atoms with Gasteiger partial charge in [0.25, 0.3) is 5.91 Å². The highest BCUT2D eigenvalue weighted by Crippen LogP contribution is 2.28. The lowest BCUT2D eigenvalue weighted by atomic mass is 10.1. The summed E-state index contributed by atoms with van der Waals surface area (Å²) in [5.41, 5.74) is 0.756. The fraction of sp³-hybridized carbons (Fsp3) is 0.312. The maximum atomic E-state index is 12.0. The second kappa shape index (κ2) is 7.29. The Balaban J connectivity index is 2.03. The molecule has 2 N–H and O–H groups in total. The van der Waals surface area contributed by atoms with Crippen LogP contribution in [0.15, 0.2) is 40.8 Å². The molecule has 0 aliphatic carbocycles. The molecule has 4 nitrogen and oxygen atoms in total. The van der Waals surface area contributed by atoms with Gasteiger partial charge in [0, 0.05) is 18.7 Å². The van der Waals surface area contributed by atoms with Crippen molar-refractivity contribution in [2.75, 3.05) is 13.2 Å². The number of aliphatic hydroxyl groups is 1. The van der Waals surface area contributed by atoms with Gasteiger partial charge in [0.1, 0.15) is 5.76 Å². The predicted octanol–water partition coefficient (Wildman–Crippen LogP) is 3.35. The van der Waals surface area contributed by atoms with E-state index in [1.165, 1.54) is 0 Å². The molecule has 1 atom stereocenters. The van der Waals surface area contributed by atoms with Gasteiger partial charge in [-0.2, -0.15) is 0 Å². The number of nitrogens with one attached hydrogen (secondary N) is 1. The summed E-state index contributed by atoms with van der Waals surface area (Å²) in [6.07, 6.45) is 0.656. The molecule has 0 aliphatic rings. The largest absolute Gasteiger partial charge is 0.451 e. The maximum absolute atomic E-state index is 12.0. The Morgan fingerprint density at radius 1 is 1.33 bits per heavy atom. The van der Waals surface area contributed by atoms with Gasteiger partial charge in [0.15, 0.2) is 5.76 Å². The van der Waals surface area contributed by atoms with Crippen molar-refractivity contribution in [2.24, 2.45) is 5.92 Å². The Morgan fingerprint density at radius 2 is 2.10 bits per heavy atom. The van der Waals surface area contributed by atoms with Gasteiger partial charge in [-0.15, -0.1) is 0 Å². The number of benzene rings is 1. The van der Waals surface area contributed by atoms with E-state index in [1.807, 2.05) is 25.1 Å². The molecule has 0 saturated carbocycles. The molecule has 1 aromatic carbocycles. The highest BCUT2D eigenvalue weighted by molar-refractivity contribution is 6.33. The molecule has 1 aromatic heterocycles. The molecule has 0 saturated heterocycles. The molecule has 1 unspecified atom stereocenters. The van der Waals surface area contributed by atoms with Crippen molar-refractivity contribution in [3.05, 3.63) is 47.2 Å². The number of hydrogen-bond acceptors (Lipinski definition) is 3. The van der Waals surface area contributed by atoms with Crippen LogP contribution in [0.4, 0.5) is 0 Å². The molecule has 1 amide bonds. The van der Waals surface area contributed by atoms with Gasteiger partial charge in [0.2, 0.25) is 0 Å². The molecule has 0 spiro atoms. The van der Waals surface area contributed by atoms with Crippen molar-refractivity contribution in [3.63, 3.8) is 0 Å². The van der Waals surface area contributed by atoms with E-state index in [9.17, 15) is 4.79 Å². The third-order valence-corrected chi connectivity index (χ3v) is 3.53. The maximum Gasteiger partial charge on any atom is 0.287 e. The molecule has 112 valence electrons. The summed E-state index contributed by atoms with van der Waals surface area (Å²) in [6, 6.07) is 10.7. The zero-order valence-electron chi connectivity index (χ0n) is 11.8. The van der Waals surface area contributed by atoms with Crippen molar-refractivity contribution in [2.45, 2.75) is 13.3 Å². The van der Waals surface area contributed by atoms with Gasteiger partial charge in [-0.25, -0.2) is 0 Å². The third-order valence-electron chi connectivity index (χ3n) is 3.20. The summed E-state index contributed by atoms with van der Waals surface area (Å²) in [4.78, 5) is 12.0. The van der Waals surface area contributed by atoms with Crippen LogP contribution in [-0.4, -0.2) is 24.2 Å². The summed E-state index contributed by atoms with van der Waals surface area (Å²) in [5.74, 6) is 0.769. The molecular weight excluding hydrogens is 290 g/mol. The molecule has 21 heavy (non-hydrogen) atoms. The van der Waals surface area contributed by atoms with Crippen LogP contribution >= 0.6 is 11.6 Å². The zero-order valence-corrected chi connectivity index (χ0v) is 12.6. The average molecular weight is 308 g/mol. The quantitative estimate of drug-likeness (QED) is 0.860. The van der Waals surface area contributed by atoms with E-state index >= 15 is 0 Å². The van der Waals surface area contributed by atoms with Crippen molar-refractivity contribution < 1.29 is 14.3 Å². The van der Waals surface area contributed by atoms with Gasteiger partial charge in [0.05, 0.1) is 5.02 Å². The Bertz CT molecular complexity index is 609.